The number of benzene rings is 1. The van der Waals surface area contributed by atoms with Gasteiger partial charge in [0.25, 0.3) is 0 Å². The molecule has 1 aromatic rings. The highest BCUT2D eigenvalue weighted by Gasteiger charge is 2.16. The van der Waals surface area contributed by atoms with E-state index in [1.54, 1.807) is 0 Å². The largest absolute Gasteiger partial charge is 0.313 e. The normalized spacial score (nSPS) is 21.8. The molecule has 2 heteroatoms. The molecule has 0 spiro atoms. The molecule has 1 unspecified atom stereocenters. The lowest BCUT2D eigenvalue weighted by atomic mass is 10.1. The van der Waals surface area contributed by atoms with Crippen molar-refractivity contribution in [1.82, 2.24) is 10.2 Å². The van der Waals surface area contributed by atoms with Crippen LogP contribution in [-0.2, 0) is 6.54 Å². The molecule has 0 aromatic heterocycles. The Labute approximate surface area is 111 Å². The van der Waals surface area contributed by atoms with Gasteiger partial charge in [-0.25, -0.2) is 0 Å². The minimum atomic E-state index is 0.683. The molecular formula is C16H26N2. The van der Waals surface area contributed by atoms with E-state index in [0.717, 1.165) is 6.54 Å². The van der Waals surface area contributed by atoms with Crippen LogP contribution in [0.25, 0.3) is 0 Å². The molecule has 2 rings (SSSR count). The van der Waals surface area contributed by atoms with Crippen molar-refractivity contribution in [3.63, 3.8) is 0 Å². The molecule has 1 heterocycles. The molecule has 100 valence electrons. The maximum Gasteiger partial charge on any atom is 0.0234 e. The molecule has 1 saturated heterocycles. The standard InChI is InChI=1S/C16H26N2/c1-3-5-16-13-18(11-4-10-17-16)12-15-8-6-14(2)7-9-15/h6-9,16-17H,3-5,10-13H2,1-2H3. The third kappa shape index (κ3) is 4.11. The molecule has 1 aliphatic rings. The Hall–Kier alpha value is -0.860. The van der Waals surface area contributed by atoms with Crippen molar-refractivity contribution in [2.24, 2.45) is 0 Å². The number of nitrogens with zero attached hydrogens (tertiary/aromatic N) is 1. The van der Waals surface area contributed by atoms with E-state index in [4.69, 9.17) is 0 Å². The van der Waals surface area contributed by atoms with Crippen molar-refractivity contribution < 1.29 is 0 Å². The molecule has 1 aromatic carbocycles. The average molecular weight is 246 g/mol. The van der Waals surface area contributed by atoms with Crippen molar-refractivity contribution in [2.75, 3.05) is 19.6 Å². The van der Waals surface area contributed by atoms with Crippen molar-refractivity contribution in [3.8, 4) is 0 Å². The zero-order valence-electron chi connectivity index (χ0n) is 11.8. The van der Waals surface area contributed by atoms with Crippen LogP contribution < -0.4 is 5.32 Å². The predicted octanol–water partition coefficient (Wildman–Crippen LogP) is 2.96. The molecule has 0 saturated carbocycles. The summed E-state index contributed by atoms with van der Waals surface area (Å²) in [7, 11) is 0. The molecule has 2 nitrogen and oxygen atoms in total. The highest BCUT2D eigenvalue weighted by molar-refractivity contribution is 5.21. The number of hydrogen-bond donors (Lipinski definition) is 1. The Morgan fingerprint density at radius 1 is 1.28 bits per heavy atom. The first-order valence-electron chi connectivity index (χ1n) is 7.29. The van der Waals surface area contributed by atoms with Crippen LogP contribution in [0.3, 0.4) is 0 Å². The van der Waals surface area contributed by atoms with E-state index in [9.17, 15) is 0 Å². The van der Waals surface area contributed by atoms with Crippen molar-refractivity contribution in [2.45, 2.75) is 45.7 Å². The summed E-state index contributed by atoms with van der Waals surface area (Å²) in [4.78, 5) is 2.60. The van der Waals surface area contributed by atoms with Crippen molar-refractivity contribution in [1.29, 1.82) is 0 Å². The first-order chi connectivity index (χ1) is 8.78. The van der Waals surface area contributed by atoms with Crippen LogP contribution in [-0.4, -0.2) is 30.6 Å². The minimum Gasteiger partial charge on any atom is -0.313 e. The fourth-order valence-corrected chi connectivity index (χ4v) is 2.71. The Kier molecular flexibility index (Phi) is 5.21. The van der Waals surface area contributed by atoms with Crippen LogP contribution in [0.2, 0.25) is 0 Å². The molecule has 0 aliphatic carbocycles. The van der Waals surface area contributed by atoms with Gasteiger partial charge in [-0.15, -0.1) is 0 Å². The molecule has 1 atom stereocenters. The van der Waals surface area contributed by atoms with Crippen LogP contribution in [0.4, 0.5) is 0 Å². The van der Waals surface area contributed by atoms with Crippen LogP contribution in [0.1, 0.15) is 37.3 Å². The van der Waals surface area contributed by atoms with E-state index in [0.29, 0.717) is 6.04 Å². The van der Waals surface area contributed by atoms with E-state index >= 15 is 0 Å². The smallest absolute Gasteiger partial charge is 0.0234 e. The Morgan fingerprint density at radius 3 is 2.78 bits per heavy atom. The van der Waals surface area contributed by atoms with Gasteiger partial charge >= 0.3 is 0 Å². The lowest BCUT2D eigenvalue weighted by molar-refractivity contribution is 0.255. The number of rotatable bonds is 4. The lowest BCUT2D eigenvalue weighted by Crippen LogP contribution is -2.37. The van der Waals surface area contributed by atoms with Gasteiger partial charge in [0.15, 0.2) is 0 Å². The number of nitrogens with one attached hydrogen (secondary N) is 1. The summed E-state index contributed by atoms with van der Waals surface area (Å²) in [5.74, 6) is 0. The summed E-state index contributed by atoms with van der Waals surface area (Å²) >= 11 is 0. The van der Waals surface area contributed by atoms with E-state index in [-0.39, 0.29) is 0 Å². The molecule has 0 radical (unpaired) electrons. The van der Waals surface area contributed by atoms with E-state index in [1.807, 2.05) is 0 Å². The first-order valence-corrected chi connectivity index (χ1v) is 7.29. The summed E-state index contributed by atoms with van der Waals surface area (Å²) in [6.07, 6.45) is 3.84. The fourth-order valence-electron chi connectivity index (χ4n) is 2.71. The maximum absolute atomic E-state index is 3.67. The highest BCUT2D eigenvalue weighted by atomic mass is 15.2. The zero-order chi connectivity index (χ0) is 12.8. The van der Waals surface area contributed by atoms with Gasteiger partial charge in [-0.05, 0) is 38.4 Å². The number of hydrogen-bond acceptors (Lipinski definition) is 2. The maximum atomic E-state index is 3.67. The molecular weight excluding hydrogens is 220 g/mol. The van der Waals surface area contributed by atoms with Gasteiger partial charge < -0.3 is 5.32 Å². The Balaban J connectivity index is 1.92. The molecule has 1 fully saturated rings. The van der Waals surface area contributed by atoms with Gasteiger partial charge in [-0.2, -0.15) is 0 Å². The predicted molar refractivity (Wildman–Crippen MR) is 77.8 cm³/mol. The van der Waals surface area contributed by atoms with Crippen LogP contribution in [0.15, 0.2) is 24.3 Å². The Morgan fingerprint density at radius 2 is 2.06 bits per heavy atom. The minimum absolute atomic E-state index is 0.683. The summed E-state index contributed by atoms with van der Waals surface area (Å²) in [5, 5.41) is 3.67. The summed E-state index contributed by atoms with van der Waals surface area (Å²) in [6.45, 7) is 9.12. The summed E-state index contributed by atoms with van der Waals surface area (Å²) < 4.78 is 0. The van der Waals surface area contributed by atoms with Crippen molar-refractivity contribution in [3.05, 3.63) is 35.4 Å². The van der Waals surface area contributed by atoms with Gasteiger partial charge in [0, 0.05) is 19.1 Å². The summed E-state index contributed by atoms with van der Waals surface area (Å²) in [5.41, 5.74) is 2.79. The van der Waals surface area contributed by atoms with Gasteiger partial charge in [-0.1, -0.05) is 43.2 Å². The molecule has 18 heavy (non-hydrogen) atoms. The van der Waals surface area contributed by atoms with Gasteiger partial charge in [0.05, 0.1) is 0 Å². The molecule has 0 amide bonds. The second kappa shape index (κ2) is 6.91. The van der Waals surface area contributed by atoms with Crippen molar-refractivity contribution >= 4 is 0 Å². The van der Waals surface area contributed by atoms with Crippen LogP contribution in [0, 0.1) is 6.92 Å². The van der Waals surface area contributed by atoms with E-state index in [2.05, 4.69) is 48.3 Å². The zero-order valence-corrected chi connectivity index (χ0v) is 11.8. The fraction of sp³-hybridized carbons (Fsp3) is 0.625. The SMILES string of the molecule is CCCC1CN(Cc2ccc(C)cc2)CCCN1. The van der Waals surface area contributed by atoms with Crippen LogP contribution in [0.5, 0.6) is 0 Å². The third-order valence-electron chi connectivity index (χ3n) is 3.73. The monoisotopic (exact) mass is 246 g/mol. The number of aryl methyl sites for hydroxylation is 1. The lowest BCUT2D eigenvalue weighted by Gasteiger charge is -2.24. The highest BCUT2D eigenvalue weighted by Crippen LogP contribution is 2.11. The van der Waals surface area contributed by atoms with E-state index in [1.165, 1.54) is 50.0 Å². The van der Waals surface area contributed by atoms with Gasteiger partial charge in [0.2, 0.25) is 0 Å². The average Bonchev–Trinajstić information content (AvgIpc) is 2.58. The quantitative estimate of drug-likeness (QED) is 0.878. The molecule has 1 aliphatic heterocycles. The summed E-state index contributed by atoms with van der Waals surface area (Å²) in [6, 6.07) is 9.65. The topological polar surface area (TPSA) is 15.3 Å². The second-order valence-electron chi connectivity index (χ2n) is 5.51. The van der Waals surface area contributed by atoms with Crippen LogP contribution >= 0.6 is 0 Å². The second-order valence-corrected chi connectivity index (χ2v) is 5.51. The molecule has 1 N–H and O–H groups in total. The molecule has 0 bridgehead atoms. The van der Waals surface area contributed by atoms with Gasteiger partial charge in [-0.3, -0.25) is 4.90 Å². The van der Waals surface area contributed by atoms with E-state index < -0.39 is 0 Å². The van der Waals surface area contributed by atoms with Gasteiger partial charge in [0.1, 0.15) is 0 Å². The Bertz CT molecular complexity index is 345. The third-order valence-corrected chi connectivity index (χ3v) is 3.73. The first kappa shape index (κ1) is 13.6.